The van der Waals surface area contributed by atoms with Crippen molar-refractivity contribution in [1.29, 1.82) is 0 Å². The number of ether oxygens (including phenoxy) is 1. The van der Waals surface area contributed by atoms with Crippen LogP contribution in [0.15, 0.2) is 16.7 Å². The van der Waals surface area contributed by atoms with E-state index >= 15 is 0 Å². The van der Waals surface area contributed by atoms with E-state index < -0.39 is 0 Å². The van der Waals surface area contributed by atoms with Gasteiger partial charge in [-0.05, 0) is 37.3 Å². The molecule has 3 heterocycles. The Labute approximate surface area is 89.8 Å². The van der Waals surface area contributed by atoms with Crippen LogP contribution in [0.5, 0.6) is 0 Å². The topological polar surface area (TPSA) is 34.4 Å². The highest BCUT2D eigenvalue weighted by Crippen LogP contribution is 2.31. The smallest absolute Gasteiger partial charge is 0.126 e. The molecule has 1 aromatic rings. The first kappa shape index (κ1) is 9.43. The Balaban J connectivity index is 1.82. The van der Waals surface area contributed by atoms with Gasteiger partial charge in [0.05, 0.1) is 18.4 Å². The van der Waals surface area contributed by atoms with Crippen LogP contribution >= 0.6 is 0 Å². The van der Waals surface area contributed by atoms with E-state index in [0.717, 1.165) is 31.8 Å². The van der Waals surface area contributed by atoms with Crippen molar-refractivity contribution in [2.24, 2.45) is 0 Å². The van der Waals surface area contributed by atoms with Gasteiger partial charge in [-0.1, -0.05) is 0 Å². The normalized spacial score (nSPS) is 31.2. The summed E-state index contributed by atoms with van der Waals surface area (Å²) in [6.45, 7) is 1.94. The highest BCUT2D eigenvalue weighted by molar-refractivity contribution is 5.24. The van der Waals surface area contributed by atoms with Crippen LogP contribution in [0.25, 0.3) is 0 Å². The first-order chi connectivity index (χ1) is 7.45. The molecule has 2 unspecified atom stereocenters. The highest BCUT2D eigenvalue weighted by Gasteiger charge is 2.31. The predicted molar refractivity (Wildman–Crippen MR) is 56.7 cm³/mol. The monoisotopic (exact) mass is 207 g/mol. The maximum Gasteiger partial charge on any atom is 0.126 e. The second-order valence-electron chi connectivity index (χ2n) is 4.40. The zero-order valence-corrected chi connectivity index (χ0v) is 8.87. The van der Waals surface area contributed by atoms with E-state index in [1.165, 1.54) is 18.4 Å². The molecule has 0 spiro atoms. The summed E-state index contributed by atoms with van der Waals surface area (Å²) >= 11 is 0. The lowest BCUT2D eigenvalue weighted by Crippen LogP contribution is -2.39. The molecule has 3 nitrogen and oxygen atoms in total. The lowest BCUT2D eigenvalue weighted by Gasteiger charge is -2.32. The number of hydrogen-bond donors (Lipinski definition) is 1. The third-order valence-electron chi connectivity index (χ3n) is 3.41. The lowest BCUT2D eigenvalue weighted by molar-refractivity contribution is -0.0141. The summed E-state index contributed by atoms with van der Waals surface area (Å²) < 4.78 is 11.4. The summed E-state index contributed by atoms with van der Waals surface area (Å²) in [5.74, 6) is 1.10. The van der Waals surface area contributed by atoms with Gasteiger partial charge in [-0.15, -0.1) is 0 Å². The molecule has 15 heavy (non-hydrogen) atoms. The van der Waals surface area contributed by atoms with Gasteiger partial charge in [-0.2, -0.15) is 0 Å². The third kappa shape index (κ3) is 1.70. The average Bonchev–Trinajstić information content (AvgIpc) is 2.78. The maximum absolute atomic E-state index is 5.82. The standard InChI is InChI=1S/C12H17NO2/c1-2-7-14-10(3-1)11-12-9(4-6-13-11)5-8-15-12/h5,8,10-11,13H,1-4,6-7H2. The van der Waals surface area contributed by atoms with Gasteiger partial charge in [0.15, 0.2) is 0 Å². The van der Waals surface area contributed by atoms with Crippen molar-refractivity contribution in [2.75, 3.05) is 13.2 Å². The quantitative estimate of drug-likeness (QED) is 0.765. The van der Waals surface area contributed by atoms with E-state index in [1.54, 1.807) is 6.26 Å². The van der Waals surface area contributed by atoms with Gasteiger partial charge in [0.25, 0.3) is 0 Å². The Morgan fingerprint density at radius 2 is 2.33 bits per heavy atom. The second kappa shape index (κ2) is 3.99. The fourth-order valence-corrected chi connectivity index (χ4v) is 2.61. The first-order valence-electron chi connectivity index (χ1n) is 5.86. The molecule has 3 heteroatoms. The Morgan fingerprint density at radius 1 is 1.33 bits per heavy atom. The van der Waals surface area contributed by atoms with E-state index in [2.05, 4.69) is 11.4 Å². The largest absolute Gasteiger partial charge is 0.467 e. The Bertz CT molecular complexity index is 328. The molecule has 1 N–H and O–H groups in total. The van der Waals surface area contributed by atoms with Crippen molar-refractivity contribution in [1.82, 2.24) is 5.32 Å². The SMILES string of the molecule is c1cc2c(o1)C(C1CCCCO1)NCC2. The molecule has 82 valence electrons. The van der Waals surface area contributed by atoms with Gasteiger partial charge in [-0.3, -0.25) is 0 Å². The Kier molecular flexibility index (Phi) is 2.51. The van der Waals surface area contributed by atoms with Crippen LogP contribution in [0.4, 0.5) is 0 Å². The van der Waals surface area contributed by atoms with Gasteiger partial charge in [0, 0.05) is 13.2 Å². The van der Waals surface area contributed by atoms with Crippen molar-refractivity contribution < 1.29 is 9.15 Å². The van der Waals surface area contributed by atoms with Crippen LogP contribution in [-0.2, 0) is 11.2 Å². The zero-order valence-electron chi connectivity index (χ0n) is 8.87. The first-order valence-corrected chi connectivity index (χ1v) is 5.86. The summed E-state index contributed by atoms with van der Waals surface area (Å²) in [6.07, 6.45) is 6.82. The van der Waals surface area contributed by atoms with Gasteiger partial charge in [0.1, 0.15) is 5.76 Å². The van der Waals surface area contributed by atoms with E-state index in [9.17, 15) is 0 Å². The van der Waals surface area contributed by atoms with Crippen LogP contribution in [0.1, 0.15) is 36.6 Å². The van der Waals surface area contributed by atoms with Crippen LogP contribution in [0.3, 0.4) is 0 Å². The fourth-order valence-electron chi connectivity index (χ4n) is 2.61. The van der Waals surface area contributed by atoms with Crippen molar-refractivity contribution in [3.8, 4) is 0 Å². The number of fused-ring (bicyclic) bond motifs is 1. The number of hydrogen-bond acceptors (Lipinski definition) is 3. The molecule has 2 aliphatic rings. The predicted octanol–water partition coefficient (Wildman–Crippen LogP) is 2.04. The molecule has 0 radical (unpaired) electrons. The molecule has 0 saturated carbocycles. The van der Waals surface area contributed by atoms with Crippen LogP contribution in [-0.4, -0.2) is 19.3 Å². The molecule has 1 aromatic heterocycles. The molecule has 0 amide bonds. The third-order valence-corrected chi connectivity index (χ3v) is 3.41. The van der Waals surface area contributed by atoms with Gasteiger partial charge in [0.2, 0.25) is 0 Å². The van der Waals surface area contributed by atoms with Gasteiger partial charge < -0.3 is 14.5 Å². The minimum Gasteiger partial charge on any atom is -0.467 e. The lowest BCUT2D eigenvalue weighted by atomic mass is 9.94. The van der Waals surface area contributed by atoms with Gasteiger partial charge in [-0.25, -0.2) is 0 Å². The van der Waals surface area contributed by atoms with Gasteiger partial charge >= 0.3 is 0 Å². The summed E-state index contributed by atoms with van der Waals surface area (Å²) in [5.41, 5.74) is 1.35. The van der Waals surface area contributed by atoms with Crippen LogP contribution in [0, 0.1) is 0 Å². The van der Waals surface area contributed by atoms with Crippen LogP contribution in [0.2, 0.25) is 0 Å². The van der Waals surface area contributed by atoms with Crippen molar-refractivity contribution in [2.45, 2.75) is 37.8 Å². The van der Waals surface area contributed by atoms with E-state index in [4.69, 9.17) is 9.15 Å². The second-order valence-corrected chi connectivity index (χ2v) is 4.40. The maximum atomic E-state index is 5.82. The summed E-state index contributed by atoms with van der Waals surface area (Å²) in [5, 5.41) is 3.51. The average molecular weight is 207 g/mol. The van der Waals surface area contributed by atoms with Crippen LogP contribution < -0.4 is 5.32 Å². The molecule has 3 rings (SSSR count). The molecule has 0 bridgehead atoms. The number of furan rings is 1. The zero-order chi connectivity index (χ0) is 10.1. The number of nitrogens with one attached hydrogen (secondary N) is 1. The molecule has 1 fully saturated rings. The molecule has 2 atom stereocenters. The fraction of sp³-hybridized carbons (Fsp3) is 0.667. The molecule has 0 aromatic carbocycles. The molecule has 1 saturated heterocycles. The molecule has 0 aliphatic carbocycles. The molecule has 2 aliphatic heterocycles. The van der Waals surface area contributed by atoms with E-state index in [1.807, 2.05) is 0 Å². The summed E-state index contributed by atoms with van der Waals surface area (Å²) in [7, 11) is 0. The van der Waals surface area contributed by atoms with E-state index in [0.29, 0.717) is 6.10 Å². The van der Waals surface area contributed by atoms with E-state index in [-0.39, 0.29) is 6.04 Å². The molecular weight excluding hydrogens is 190 g/mol. The Morgan fingerprint density at radius 3 is 3.20 bits per heavy atom. The number of rotatable bonds is 1. The van der Waals surface area contributed by atoms with Crippen molar-refractivity contribution in [3.63, 3.8) is 0 Å². The Hall–Kier alpha value is -0.800. The highest BCUT2D eigenvalue weighted by atomic mass is 16.5. The minimum atomic E-state index is 0.282. The minimum absolute atomic E-state index is 0.282. The van der Waals surface area contributed by atoms with Crippen molar-refractivity contribution in [3.05, 3.63) is 23.7 Å². The van der Waals surface area contributed by atoms with Crippen molar-refractivity contribution >= 4 is 0 Å². The molecular formula is C12H17NO2. The summed E-state index contributed by atoms with van der Waals surface area (Å²) in [4.78, 5) is 0. The summed E-state index contributed by atoms with van der Waals surface area (Å²) in [6, 6.07) is 2.37.